The van der Waals surface area contributed by atoms with Crippen LogP contribution in [0.5, 0.6) is 5.75 Å². The molecule has 8 nitrogen and oxygen atoms in total. The van der Waals surface area contributed by atoms with E-state index in [0.29, 0.717) is 18.9 Å². The van der Waals surface area contributed by atoms with Crippen LogP contribution in [0.15, 0.2) is 88.2 Å². The highest BCUT2D eigenvalue weighted by Gasteiger charge is 2.33. The third-order valence-electron chi connectivity index (χ3n) is 6.28. The number of sulfonamides is 1. The SMILES string of the molecule is CCCCNC(=O)[C@@H](C)N(Cc1cccc(Br)c1)C(=O)CN(c1ccccc1OCC)S(=O)(=O)c1ccccc1. The molecule has 0 fully saturated rings. The van der Waals surface area contributed by atoms with Crippen LogP contribution in [0.25, 0.3) is 0 Å². The average Bonchev–Trinajstić information content (AvgIpc) is 2.95. The molecule has 1 atom stereocenters. The second kappa shape index (κ2) is 14.9. The number of para-hydroxylation sites is 2. The summed E-state index contributed by atoms with van der Waals surface area (Å²) < 4.78 is 35.5. The molecular weight excluding hydrogens is 594 g/mol. The molecule has 0 aliphatic heterocycles. The molecular formula is C30H36BrN3O5S. The maximum Gasteiger partial charge on any atom is 0.264 e. The Bertz CT molecular complexity index is 1380. The van der Waals surface area contributed by atoms with E-state index >= 15 is 0 Å². The Balaban J connectivity index is 2.04. The molecule has 0 bridgehead atoms. The second-order valence-electron chi connectivity index (χ2n) is 9.20. The Labute approximate surface area is 245 Å². The van der Waals surface area contributed by atoms with Crippen LogP contribution in [0.4, 0.5) is 5.69 Å². The van der Waals surface area contributed by atoms with Gasteiger partial charge in [-0.1, -0.05) is 71.7 Å². The van der Waals surface area contributed by atoms with Crippen molar-refractivity contribution >= 4 is 43.5 Å². The van der Waals surface area contributed by atoms with Crippen molar-refractivity contribution in [2.24, 2.45) is 0 Å². The van der Waals surface area contributed by atoms with Crippen molar-refractivity contribution in [2.75, 3.05) is 24.0 Å². The summed E-state index contributed by atoms with van der Waals surface area (Å²) in [7, 11) is -4.17. The minimum atomic E-state index is -4.17. The van der Waals surface area contributed by atoms with Gasteiger partial charge in [-0.25, -0.2) is 8.42 Å². The normalized spacial score (nSPS) is 11.9. The van der Waals surface area contributed by atoms with Crippen LogP contribution in [0.3, 0.4) is 0 Å². The largest absolute Gasteiger partial charge is 0.492 e. The van der Waals surface area contributed by atoms with E-state index in [4.69, 9.17) is 4.74 Å². The molecule has 3 aromatic carbocycles. The summed E-state index contributed by atoms with van der Waals surface area (Å²) in [5.41, 5.74) is 1.03. The molecule has 1 N–H and O–H groups in total. The molecule has 0 aliphatic rings. The lowest BCUT2D eigenvalue weighted by molar-refractivity contribution is -0.139. The van der Waals surface area contributed by atoms with Gasteiger partial charge in [0, 0.05) is 17.6 Å². The van der Waals surface area contributed by atoms with E-state index in [9.17, 15) is 18.0 Å². The standard InChI is InChI=1S/C30H36BrN3O5S/c1-4-6-19-32-30(36)23(3)33(21-24-13-12-14-25(31)20-24)29(35)22-34(27-17-10-11-18-28(27)39-5-2)40(37,38)26-15-8-7-9-16-26/h7-18,20,23H,4-6,19,21-22H2,1-3H3,(H,32,36)/t23-/m1/s1. The van der Waals surface area contributed by atoms with E-state index in [-0.39, 0.29) is 23.0 Å². The number of anilines is 1. The molecule has 3 aromatic rings. The predicted octanol–water partition coefficient (Wildman–Crippen LogP) is 5.38. The Morgan fingerprint density at radius 3 is 2.35 bits per heavy atom. The van der Waals surface area contributed by atoms with E-state index in [0.717, 1.165) is 27.2 Å². The lowest BCUT2D eigenvalue weighted by Crippen LogP contribution is -2.51. The highest BCUT2D eigenvalue weighted by atomic mass is 79.9. The Kier molecular flexibility index (Phi) is 11.6. The van der Waals surface area contributed by atoms with Gasteiger partial charge in [-0.05, 0) is 62.2 Å². The van der Waals surface area contributed by atoms with Crippen molar-refractivity contribution in [1.82, 2.24) is 10.2 Å². The first kappa shape index (κ1) is 31.2. The Morgan fingerprint density at radius 1 is 0.975 bits per heavy atom. The fourth-order valence-electron chi connectivity index (χ4n) is 4.12. The molecule has 0 unspecified atom stereocenters. The molecule has 0 aromatic heterocycles. The van der Waals surface area contributed by atoms with Gasteiger partial charge in [0.2, 0.25) is 11.8 Å². The maximum atomic E-state index is 14.0. The molecule has 0 radical (unpaired) electrons. The van der Waals surface area contributed by atoms with Gasteiger partial charge in [0.15, 0.2) is 0 Å². The number of rotatable bonds is 14. The molecule has 0 heterocycles. The number of nitrogens with zero attached hydrogens (tertiary/aromatic N) is 2. The predicted molar refractivity (Wildman–Crippen MR) is 161 cm³/mol. The number of hydrogen-bond donors (Lipinski definition) is 1. The van der Waals surface area contributed by atoms with Crippen molar-refractivity contribution in [1.29, 1.82) is 0 Å². The highest BCUT2D eigenvalue weighted by molar-refractivity contribution is 9.10. The number of hydrogen-bond acceptors (Lipinski definition) is 5. The zero-order chi connectivity index (χ0) is 29.1. The lowest BCUT2D eigenvalue weighted by atomic mass is 10.1. The number of amides is 2. The summed E-state index contributed by atoms with van der Waals surface area (Å²) in [5, 5.41) is 2.89. The Hall–Kier alpha value is -3.37. The number of nitrogens with one attached hydrogen (secondary N) is 1. The molecule has 10 heteroatoms. The van der Waals surface area contributed by atoms with Gasteiger partial charge in [0.1, 0.15) is 18.3 Å². The van der Waals surface area contributed by atoms with E-state index < -0.39 is 28.5 Å². The van der Waals surface area contributed by atoms with Crippen molar-refractivity contribution < 1.29 is 22.7 Å². The summed E-state index contributed by atoms with van der Waals surface area (Å²) in [5.74, 6) is -0.492. The van der Waals surface area contributed by atoms with Gasteiger partial charge in [-0.15, -0.1) is 0 Å². The van der Waals surface area contributed by atoms with Gasteiger partial charge in [0.25, 0.3) is 10.0 Å². The summed E-state index contributed by atoms with van der Waals surface area (Å²) >= 11 is 3.46. The molecule has 0 saturated heterocycles. The minimum absolute atomic E-state index is 0.0398. The number of halogens is 1. The highest BCUT2D eigenvalue weighted by Crippen LogP contribution is 2.33. The van der Waals surface area contributed by atoms with Gasteiger partial charge in [-0.2, -0.15) is 0 Å². The number of carbonyl (C=O) groups excluding carboxylic acids is 2. The first-order valence-corrected chi connectivity index (χ1v) is 15.5. The fraction of sp³-hybridized carbons (Fsp3) is 0.333. The van der Waals surface area contributed by atoms with Gasteiger partial charge >= 0.3 is 0 Å². The van der Waals surface area contributed by atoms with E-state index in [1.165, 1.54) is 17.0 Å². The van der Waals surface area contributed by atoms with Crippen LogP contribution in [0.2, 0.25) is 0 Å². The van der Waals surface area contributed by atoms with Crippen molar-refractivity contribution in [3.63, 3.8) is 0 Å². The second-order valence-corrected chi connectivity index (χ2v) is 12.0. The van der Waals surface area contributed by atoms with Crippen LogP contribution in [0.1, 0.15) is 39.2 Å². The smallest absolute Gasteiger partial charge is 0.264 e. The van der Waals surface area contributed by atoms with Crippen molar-refractivity contribution in [3.8, 4) is 5.75 Å². The van der Waals surface area contributed by atoms with Crippen LogP contribution in [-0.2, 0) is 26.2 Å². The zero-order valence-corrected chi connectivity index (χ0v) is 25.4. The maximum absolute atomic E-state index is 14.0. The molecule has 0 aliphatic carbocycles. The van der Waals surface area contributed by atoms with E-state index in [1.54, 1.807) is 56.3 Å². The van der Waals surface area contributed by atoms with Crippen molar-refractivity contribution in [3.05, 3.63) is 88.9 Å². The molecule has 3 rings (SSSR count). The quantitative estimate of drug-likeness (QED) is 0.242. The number of unbranched alkanes of at least 4 members (excludes halogenated alkanes) is 1. The molecule has 40 heavy (non-hydrogen) atoms. The first-order chi connectivity index (χ1) is 19.2. The lowest BCUT2D eigenvalue weighted by Gasteiger charge is -2.32. The van der Waals surface area contributed by atoms with Crippen LogP contribution in [0, 0.1) is 0 Å². The van der Waals surface area contributed by atoms with Crippen LogP contribution >= 0.6 is 15.9 Å². The molecule has 0 saturated carbocycles. The summed E-state index contributed by atoms with van der Waals surface area (Å²) in [6.07, 6.45) is 1.73. The number of carbonyl (C=O) groups is 2. The number of benzene rings is 3. The fourth-order valence-corrected chi connectivity index (χ4v) is 6.02. The topological polar surface area (TPSA) is 96.0 Å². The number of ether oxygens (including phenoxy) is 1. The molecule has 214 valence electrons. The van der Waals surface area contributed by atoms with Crippen LogP contribution in [-0.4, -0.2) is 50.9 Å². The van der Waals surface area contributed by atoms with E-state index in [2.05, 4.69) is 21.2 Å². The van der Waals surface area contributed by atoms with Crippen LogP contribution < -0.4 is 14.4 Å². The summed E-state index contributed by atoms with van der Waals surface area (Å²) in [4.78, 5) is 28.6. The summed E-state index contributed by atoms with van der Waals surface area (Å²) in [6, 6.07) is 21.3. The Morgan fingerprint density at radius 2 is 1.68 bits per heavy atom. The van der Waals surface area contributed by atoms with Crippen molar-refractivity contribution in [2.45, 2.75) is 51.1 Å². The zero-order valence-electron chi connectivity index (χ0n) is 23.0. The third kappa shape index (κ3) is 8.08. The minimum Gasteiger partial charge on any atom is -0.492 e. The monoisotopic (exact) mass is 629 g/mol. The third-order valence-corrected chi connectivity index (χ3v) is 8.55. The first-order valence-electron chi connectivity index (χ1n) is 13.3. The van der Waals surface area contributed by atoms with Gasteiger partial charge in [-0.3, -0.25) is 13.9 Å². The van der Waals surface area contributed by atoms with Gasteiger partial charge < -0.3 is 15.0 Å². The average molecular weight is 631 g/mol. The molecule has 0 spiro atoms. The molecule has 2 amide bonds. The van der Waals surface area contributed by atoms with E-state index in [1.807, 2.05) is 31.2 Å². The van der Waals surface area contributed by atoms with Gasteiger partial charge in [0.05, 0.1) is 17.2 Å². The summed E-state index contributed by atoms with van der Waals surface area (Å²) in [6.45, 7) is 5.89.